The first-order chi connectivity index (χ1) is 8.99. The molecule has 0 radical (unpaired) electrons. The number of nitrogens with two attached hydrogens (primary N) is 1. The van der Waals surface area contributed by atoms with Crippen LogP contribution in [-0.4, -0.2) is 24.2 Å². The number of amidine groups is 1. The fourth-order valence-corrected chi connectivity index (χ4v) is 2.31. The first-order valence-corrected chi connectivity index (χ1v) is 6.86. The molecule has 0 saturated carbocycles. The number of hydrogen-bond acceptors (Lipinski definition) is 4. The summed E-state index contributed by atoms with van der Waals surface area (Å²) in [5.41, 5.74) is 6.80. The molecule has 98 valence electrons. The minimum absolute atomic E-state index is 0.0879. The SMILES string of the molecule is Cc1ccc(S(=O)(=O)/N=C(\N)c2cnccn2)cc1. The van der Waals surface area contributed by atoms with Crippen LogP contribution < -0.4 is 5.73 Å². The van der Waals surface area contributed by atoms with Crippen LogP contribution in [0.4, 0.5) is 0 Å². The van der Waals surface area contributed by atoms with Crippen LogP contribution in [-0.2, 0) is 10.0 Å². The van der Waals surface area contributed by atoms with Gasteiger partial charge in [0.15, 0.2) is 5.84 Å². The van der Waals surface area contributed by atoms with Gasteiger partial charge in [0.05, 0.1) is 11.1 Å². The van der Waals surface area contributed by atoms with Crippen molar-refractivity contribution in [1.82, 2.24) is 9.97 Å². The summed E-state index contributed by atoms with van der Waals surface area (Å²) in [6, 6.07) is 6.36. The van der Waals surface area contributed by atoms with Gasteiger partial charge in [0.2, 0.25) is 0 Å². The molecule has 6 nitrogen and oxygen atoms in total. The Bertz CT molecular complexity index is 694. The summed E-state index contributed by atoms with van der Waals surface area (Å²) < 4.78 is 27.6. The lowest BCUT2D eigenvalue weighted by atomic mass is 10.2. The molecule has 2 N–H and O–H groups in total. The lowest BCUT2D eigenvalue weighted by Gasteiger charge is -2.01. The van der Waals surface area contributed by atoms with Crippen LogP contribution in [0.1, 0.15) is 11.3 Å². The van der Waals surface area contributed by atoms with Crippen LogP contribution >= 0.6 is 0 Å². The molecular weight excluding hydrogens is 264 g/mol. The second kappa shape index (κ2) is 5.15. The standard InChI is InChI=1S/C12H12N4O2S/c1-9-2-4-10(5-3-9)19(17,18)16-12(13)11-8-14-6-7-15-11/h2-8H,1H3,(H2,13,16). The molecule has 0 spiro atoms. The van der Waals surface area contributed by atoms with E-state index in [9.17, 15) is 8.42 Å². The molecule has 19 heavy (non-hydrogen) atoms. The van der Waals surface area contributed by atoms with Gasteiger partial charge in [-0.3, -0.25) is 4.98 Å². The van der Waals surface area contributed by atoms with Crippen molar-refractivity contribution in [2.75, 3.05) is 0 Å². The van der Waals surface area contributed by atoms with Gasteiger partial charge in [0, 0.05) is 12.4 Å². The van der Waals surface area contributed by atoms with Gasteiger partial charge in [-0.05, 0) is 19.1 Å². The molecule has 0 atom stereocenters. The first-order valence-electron chi connectivity index (χ1n) is 5.42. The van der Waals surface area contributed by atoms with E-state index >= 15 is 0 Å². The van der Waals surface area contributed by atoms with E-state index in [1.165, 1.54) is 30.7 Å². The summed E-state index contributed by atoms with van der Waals surface area (Å²) in [5, 5.41) is 0. The van der Waals surface area contributed by atoms with Crippen molar-refractivity contribution < 1.29 is 8.42 Å². The van der Waals surface area contributed by atoms with Gasteiger partial charge in [-0.1, -0.05) is 17.7 Å². The minimum atomic E-state index is -3.83. The summed E-state index contributed by atoms with van der Waals surface area (Å²) in [7, 11) is -3.83. The molecule has 1 heterocycles. The van der Waals surface area contributed by atoms with Gasteiger partial charge < -0.3 is 5.73 Å². The van der Waals surface area contributed by atoms with Gasteiger partial charge in [0.1, 0.15) is 5.69 Å². The second-order valence-corrected chi connectivity index (χ2v) is 5.46. The molecule has 7 heteroatoms. The highest BCUT2D eigenvalue weighted by atomic mass is 32.2. The number of aryl methyl sites for hydroxylation is 1. The quantitative estimate of drug-likeness (QED) is 0.662. The number of sulfonamides is 1. The average molecular weight is 276 g/mol. The summed E-state index contributed by atoms with van der Waals surface area (Å²) in [4.78, 5) is 7.78. The maximum absolute atomic E-state index is 12.0. The van der Waals surface area contributed by atoms with E-state index in [4.69, 9.17) is 5.73 Å². The third-order valence-corrected chi connectivity index (χ3v) is 3.67. The maximum Gasteiger partial charge on any atom is 0.284 e. The number of aromatic nitrogens is 2. The highest BCUT2D eigenvalue weighted by Crippen LogP contribution is 2.13. The van der Waals surface area contributed by atoms with Crippen LogP contribution in [0.3, 0.4) is 0 Å². The number of nitrogens with zero attached hydrogens (tertiary/aromatic N) is 3. The van der Waals surface area contributed by atoms with Crippen LogP contribution in [0.2, 0.25) is 0 Å². The number of rotatable bonds is 3. The molecule has 0 aliphatic heterocycles. The Hall–Kier alpha value is -2.28. The van der Waals surface area contributed by atoms with E-state index < -0.39 is 10.0 Å². The number of benzene rings is 1. The highest BCUT2D eigenvalue weighted by Gasteiger charge is 2.14. The van der Waals surface area contributed by atoms with Crippen LogP contribution in [0.25, 0.3) is 0 Å². The predicted molar refractivity (Wildman–Crippen MR) is 71.1 cm³/mol. The lowest BCUT2D eigenvalue weighted by Crippen LogP contribution is -2.17. The smallest absolute Gasteiger partial charge is 0.284 e. The highest BCUT2D eigenvalue weighted by molar-refractivity contribution is 7.90. The monoisotopic (exact) mass is 276 g/mol. The number of hydrogen-bond donors (Lipinski definition) is 1. The molecule has 2 rings (SSSR count). The topological polar surface area (TPSA) is 98.3 Å². The zero-order valence-electron chi connectivity index (χ0n) is 10.2. The lowest BCUT2D eigenvalue weighted by molar-refractivity contribution is 0.598. The average Bonchev–Trinajstić information content (AvgIpc) is 2.40. The van der Waals surface area contributed by atoms with Gasteiger partial charge in [-0.25, -0.2) is 4.98 Å². The van der Waals surface area contributed by atoms with E-state index in [0.29, 0.717) is 0 Å². The van der Waals surface area contributed by atoms with Crippen LogP contribution in [0.5, 0.6) is 0 Å². The Kier molecular flexibility index (Phi) is 3.57. The summed E-state index contributed by atoms with van der Waals surface area (Å²) in [6.45, 7) is 1.87. The molecule has 1 aromatic carbocycles. The van der Waals surface area contributed by atoms with Crippen LogP contribution in [0, 0.1) is 6.92 Å². The Morgan fingerprint density at radius 3 is 2.47 bits per heavy atom. The molecule has 0 aliphatic carbocycles. The fraction of sp³-hybridized carbons (Fsp3) is 0.0833. The first kappa shape index (κ1) is 13.2. The maximum atomic E-state index is 12.0. The van der Waals surface area contributed by atoms with Crippen molar-refractivity contribution in [2.45, 2.75) is 11.8 Å². The largest absolute Gasteiger partial charge is 0.381 e. The predicted octanol–water partition coefficient (Wildman–Crippen LogP) is 0.879. The zero-order valence-corrected chi connectivity index (χ0v) is 11.0. The van der Waals surface area contributed by atoms with Crippen molar-refractivity contribution >= 4 is 15.9 Å². The van der Waals surface area contributed by atoms with Gasteiger partial charge in [-0.15, -0.1) is 4.40 Å². The summed E-state index contributed by atoms with van der Waals surface area (Å²) >= 11 is 0. The van der Waals surface area contributed by atoms with Crippen LogP contribution in [0.15, 0.2) is 52.1 Å². The molecule has 0 fully saturated rings. The van der Waals surface area contributed by atoms with E-state index in [1.54, 1.807) is 12.1 Å². The Morgan fingerprint density at radius 1 is 1.21 bits per heavy atom. The van der Waals surface area contributed by atoms with E-state index in [1.807, 2.05) is 6.92 Å². The van der Waals surface area contributed by atoms with E-state index in [-0.39, 0.29) is 16.4 Å². The molecular formula is C12H12N4O2S. The van der Waals surface area contributed by atoms with Gasteiger partial charge in [-0.2, -0.15) is 8.42 Å². The normalized spacial score (nSPS) is 12.4. The molecule has 1 aromatic heterocycles. The third-order valence-electron chi connectivity index (χ3n) is 2.36. The Balaban J connectivity index is 2.39. The second-order valence-electron chi connectivity index (χ2n) is 3.86. The van der Waals surface area contributed by atoms with Crippen molar-refractivity contribution in [3.05, 3.63) is 54.1 Å². The van der Waals surface area contributed by atoms with E-state index in [2.05, 4.69) is 14.4 Å². The van der Waals surface area contributed by atoms with Crippen molar-refractivity contribution in [3.8, 4) is 0 Å². The summed E-state index contributed by atoms with van der Waals surface area (Å²) in [6.07, 6.45) is 4.23. The van der Waals surface area contributed by atoms with E-state index in [0.717, 1.165) is 5.56 Å². The molecule has 2 aromatic rings. The Labute approximate surface area is 111 Å². The van der Waals surface area contributed by atoms with Crippen molar-refractivity contribution in [2.24, 2.45) is 10.1 Å². The minimum Gasteiger partial charge on any atom is -0.381 e. The van der Waals surface area contributed by atoms with Crippen molar-refractivity contribution in [3.63, 3.8) is 0 Å². The molecule has 0 saturated heterocycles. The zero-order chi connectivity index (χ0) is 13.9. The van der Waals surface area contributed by atoms with Gasteiger partial charge in [0.25, 0.3) is 10.0 Å². The molecule has 0 bridgehead atoms. The fourth-order valence-electron chi connectivity index (χ4n) is 1.37. The molecule has 0 aliphatic rings. The Morgan fingerprint density at radius 2 is 1.89 bits per heavy atom. The van der Waals surface area contributed by atoms with Gasteiger partial charge >= 0.3 is 0 Å². The van der Waals surface area contributed by atoms with Crippen molar-refractivity contribution in [1.29, 1.82) is 0 Å². The summed E-state index contributed by atoms with van der Waals surface area (Å²) in [5.74, 6) is -0.186. The third kappa shape index (κ3) is 3.14. The molecule has 0 unspecified atom stereocenters. The molecule has 0 amide bonds.